The molecule has 2 rings (SSSR count). The summed E-state index contributed by atoms with van der Waals surface area (Å²) in [6.07, 6.45) is 5.03. The summed E-state index contributed by atoms with van der Waals surface area (Å²) in [6.45, 7) is 12.0. The fourth-order valence-corrected chi connectivity index (χ4v) is 2.50. The third-order valence-electron chi connectivity index (χ3n) is 3.79. The van der Waals surface area contributed by atoms with Crippen molar-refractivity contribution < 1.29 is 0 Å². The van der Waals surface area contributed by atoms with Crippen molar-refractivity contribution in [3.63, 3.8) is 0 Å². The minimum absolute atomic E-state index is 1.17. The molecule has 0 bridgehead atoms. The number of nitrogens with zero attached hydrogens (tertiary/aromatic N) is 2. The van der Waals surface area contributed by atoms with E-state index in [9.17, 15) is 0 Å². The fourth-order valence-electron chi connectivity index (χ4n) is 2.50. The van der Waals surface area contributed by atoms with Crippen molar-refractivity contribution in [1.29, 1.82) is 0 Å². The van der Waals surface area contributed by atoms with Crippen LogP contribution in [0.25, 0.3) is 0 Å². The van der Waals surface area contributed by atoms with Gasteiger partial charge < -0.3 is 10.2 Å². The number of hydrogen-bond donors (Lipinski definition) is 1. The molecule has 0 spiro atoms. The highest BCUT2D eigenvalue weighted by molar-refractivity contribution is 5.07. The maximum Gasteiger partial charge on any atom is 0.0165 e. The van der Waals surface area contributed by atoms with Gasteiger partial charge >= 0.3 is 0 Å². The third kappa shape index (κ3) is 3.58. The van der Waals surface area contributed by atoms with Gasteiger partial charge in [0.1, 0.15) is 0 Å². The van der Waals surface area contributed by atoms with E-state index in [2.05, 4.69) is 28.1 Å². The fraction of sp³-hybridized carbons (Fsp3) is 0.846. The molecule has 0 amide bonds. The lowest BCUT2D eigenvalue weighted by Gasteiger charge is -2.29. The van der Waals surface area contributed by atoms with Crippen LogP contribution >= 0.6 is 0 Å². The normalized spacial score (nSPS) is 24.4. The largest absolute Gasteiger partial charge is 0.314 e. The summed E-state index contributed by atoms with van der Waals surface area (Å²) in [4.78, 5) is 5.10. The minimum Gasteiger partial charge on any atom is -0.314 e. The highest BCUT2D eigenvalue weighted by Crippen LogP contribution is 2.14. The first kappa shape index (κ1) is 12.1. The maximum atomic E-state index is 3.40. The van der Waals surface area contributed by atoms with Crippen LogP contribution in [0.1, 0.15) is 19.8 Å². The van der Waals surface area contributed by atoms with Crippen LogP contribution in [0, 0.1) is 0 Å². The lowest BCUT2D eigenvalue weighted by atomic mass is 10.0. The first-order valence-electron chi connectivity index (χ1n) is 6.72. The van der Waals surface area contributed by atoms with Gasteiger partial charge in [0.2, 0.25) is 0 Å². The molecule has 1 N–H and O–H groups in total. The first-order valence-corrected chi connectivity index (χ1v) is 6.72. The molecule has 2 aliphatic rings. The second-order valence-electron chi connectivity index (χ2n) is 4.85. The third-order valence-corrected chi connectivity index (χ3v) is 3.79. The zero-order valence-corrected chi connectivity index (χ0v) is 10.5. The van der Waals surface area contributed by atoms with E-state index in [0.717, 1.165) is 0 Å². The van der Waals surface area contributed by atoms with Gasteiger partial charge in [0.05, 0.1) is 0 Å². The second kappa shape index (κ2) is 6.38. The maximum absolute atomic E-state index is 3.40. The van der Waals surface area contributed by atoms with E-state index in [1.54, 1.807) is 5.57 Å². The lowest BCUT2D eigenvalue weighted by Crippen LogP contribution is -2.43. The Balaban J connectivity index is 1.67. The zero-order valence-electron chi connectivity index (χ0n) is 10.5. The van der Waals surface area contributed by atoms with Gasteiger partial charge in [-0.25, -0.2) is 0 Å². The number of nitrogens with one attached hydrogen (secondary N) is 1. The van der Waals surface area contributed by atoms with Gasteiger partial charge in [-0.2, -0.15) is 0 Å². The monoisotopic (exact) mass is 223 g/mol. The zero-order chi connectivity index (χ0) is 11.2. The molecule has 3 nitrogen and oxygen atoms in total. The van der Waals surface area contributed by atoms with Gasteiger partial charge in [-0.3, -0.25) is 4.90 Å². The van der Waals surface area contributed by atoms with Gasteiger partial charge in [0, 0.05) is 45.8 Å². The second-order valence-corrected chi connectivity index (χ2v) is 4.85. The molecule has 3 heteroatoms. The number of piperazine rings is 1. The molecule has 0 aliphatic carbocycles. The van der Waals surface area contributed by atoms with Crippen LogP contribution in [0.2, 0.25) is 0 Å². The summed E-state index contributed by atoms with van der Waals surface area (Å²) < 4.78 is 0. The van der Waals surface area contributed by atoms with Crippen molar-refractivity contribution in [3.8, 4) is 0 Å². The molecule has 92 valence electrons. The minimum atomic E-state index is 1.17. The Hall–Kier alpha value is -0.380. The summed E-state index contributed by atoms with van der Waals surface area (Å²) in [6, 6.07) is 0. The Morgan fingerprint density at radius 3 is 2.62 bits per heavy atom. The van der Waals surface area contributed by atoms with E-state index in [1.807, 2.05) is 0 Å². The van der Waals surface area contributed by atoms with Crippen molar-refractivity contribution in [2.75, 3.05) is 52.4 Å². The van der Waals surface area contributed by atoms with E-state index in [0.29, 0.717) is 0 Å². The summed E-state index contributed by atoms with van der Waals surface area (Å²) in [7, 11) is 0. The van der Waals surface area contributed by atoms with Gasteiger partial charge in [-0.05, 0) is 19.4 Å². The lowest BCUT2D eigenvalue weighted by molar-refractivity contribution is 0.240. The smallest absolute Gasteiger partial charge is 0.0165 e. The summed E-state index contributed by atoms with van der Waals surface area (Å²) in [5.41, 5.74) is 1.68. The average Bonchev–Trinajstić information content (AvgIpc) is 2.38. The van der Waals surface area contributed by atoms with E-state index in [4.69, 9.17) is 0 Å². The topological polar surface area (TPSA) is 18.5 Å². The standard InChI is InChI=1S/C13H25N3/c1-2-15-8-3-13(4-9-15)5-10-16-11-6-14-7-12-16/h3,14H,2,4-12H2,1H3. The molecule has 0 saturated carbocycles. The van der Waals surface area contributed by atoms with Crippen LogP contribution in [-0.4, -0.2) is 62.2 Å². The molecule has 0 aromatic rings. The van der Waals surface area contributed by atoms with Crippen LogP contribution < -0.4 is 5.32 Å². The molecule has 2 heterocycles. The van der Waals surface area contributed by atoms with Crippen LogP contribution in [0.15, 0.2) is 11.6 Å². The number of hydrogen-bond acceptors (Lipinski definition) is 3. The van der Waals surface area contributed by atoms with Gasteiger partial charge in [-0.15, -0.1) is 0 Å². The predicted molar refractivity (Wildman–Crippen MR) is 68.7 cm³/mol. The molecular formula is C13H25N3. The number of likely N-dealkylation sites (N-methyl/N-ethyl adjacent to an activating group) is 1. The van der Waals surface area contributed by atoms with Crippen molar-refractivity contribution in [2.45, 2.75) is 19.8 Å². The Labute approximate surface area is 99.5 Å². The van der Waals surface area contributed by atoms with Crippen molar-refractivity contribution in [2.24, 2.45) is 0 Å². The predicted octanol–water partition coefficient (Wildman–Crippen LogP) is 0.934. The van der Waals surface area contributed by atoms with Crippen LogP contribution in [0.5, 0.6) is 0 Å². The molecule has 0 atom stereocenters. The number of rotatable bonds is 4. The first-order chi connectivity index (χ1) is 7.88. The van der Waals surface area contributed by atoms with E-state index in [-0.39, 0.29) is 0 Å². The molecule has 0 aromatic carbocycles. The average molecular weight is 223 g/mol. The summed E-state index contributed by atoms with van der Waals surface area (Å²) >= 11 is 0. The van der Waals surface area contributed by atoms with E-state index >= 15 is 0 Å². The summed E-state index contributed by atoms with van der Waals surface area (Å²) in [5.74, 6) is 0. The molecule has 16 heavy (non-hydrogen) atoms. The molecule has 0 radical (unpaired) electrons. The van der Waals surface area contributed by atoms with Crippen LogP contribution in [0.4, 0.5) is 0 Å². The molecular weight excluding hydrogens is 198 g/mol. The highest BCUT2D eigenvalue weighted by atomic mass is 15.2. The Bertz CT molecular complexity index is 231. The van der Waals surface area contributed by atoms with Gasteiger partial charge in [0.15, 0.2) is 0 Å². The van der Waals surface area contributed by atoms with Gasteiger partial charge in [0.25, 0.3) is 0 Å². The molecule has 0 aromatic heterocycles. The highest BCUT2D eigenvalue weighted by Gasteiger charge is 2.12. The van der Waals surface area contributed by atoms with Crippen LogP contribution in [0.3, 0.4) is 0 Å². The van der Waals surface area contributed by atoms with Gasteiger partial charge in [-0.1, -0.05) is 18.6 Å². The summed E-state index contributed by atoms with van der Waals surface area (Å²) in [5, 5.41) is 3.40. The molecule has 1 fully saturated rings. The molecule has 2 aliphatic heterocycles. The molecule has 0 unspecified atom stereocenters. The Morgan fingerprint density at radius 2 is 2.00 bits per heavy atom. The Kier molecular flexibility index (Phi) is 4.82. The van der Waals surface area contributed by atoms with Crippen molar-refractivity contribution >= 4 is 0 Å². The SMILES string of the molecule is CCN1CC=C(CCN2CCNCC2)CC1. The van der Waals surface area contributed by atoms with E-state index < -0.39 is 0 Å². The van der Waals surface area contributed by atoms with Crippen molar-refractivity contribution in [1.82, 2.24) is 15.1 Å². The molecule has 1 saturated heterocycles. The van der Waals surface area contributed by atoms with Crippen LogP contribution in [-0.2, 0) is 0 Å². The quantitative estimate of drug-likeness (QED) is 0.716. The van der Waals surface area contributed by atoms with Crippen molar-refractivity contribution in [3.05, 3.63) is 11.6 Å². The van der Waals surface area contributed by atoms with E-state index in [1.165, 1.54) is 65.2 Å². The Morgan fingerprint density at radius 1 is 1.19 bits per heavy atom.